The molecular formula is C9H6NS-. The van der Waals surface area contributed by atoms with Crippen LogP contribution >= 0.6 is 11.3 Å². The van der Waals surface area contributed by atoms with E-state index in [4.69, 9.17) is 0 Å². The van der Waals surface area contributed by atoms with Crippen LogP contribution in [-0.2, 0) is 0 Å². The number of nitrogens with zero attached hydrogens (tertiary/aromatic N) is 1. The normalized spacial score (nSPS) is 9.82. The molecule has 54 valence electrons. The zero-order valence-corrected chi connectivity index (χ0v) is 6.64. The van der Waals surface area contributed by atoms with Gasteiger partial charge in [0.05, 0.1) is 0 Å². The number of hydrogen-bond donors (Lipinski definition) is 0. The second-order valence-corrected chi connectivity index (χ2v) is 3.01. The molecule has 1 heterocycles. The molecular weight excluding hydrogens is 154 g/mol. The van der Waals surface area contributed by atoms with Crippen molar-refractivity contribution in [3.63, 3.8) is 0 Å². The van der Waals surface area contributed by atoms with Crippen LogP contribution in [-0.4, -0.2) is 4.98 Å². The summed E-state index contributed by atoms with van der Waals surface area (Å²) >= 11 is 1.63. The Morgan fingerprint density at radius 3 is 3.00 bits per heavy atom. The maximum absolute atomic E-state index is 4.17. The van der Waals surface area contributed by atoms with Gasteiger partial charge < -0.3 is 0 Å². The molecule has 2 rings (SSSR count). The summed E-state index contributed by atoms with van der Waals surface area (Å²) in [5, 5.41) is 3.00. The van der Waals surface area contributed by atoms with Gasteiger partial charge in [0.15, 0.2) is 0 Å². The van der Waals surface area contributed by atoms with Crippen LogP contribution in [0.15, 0.2) is 35.8 Å². The molecule has 0 aliphatic rings. The van der Waals surface area contributed by atoms with Gasteiger partial charge in [-0.15, -0.1) is 35.9 Å². The maximum Gasteiger partial charge on any atom is 0.0401 e. The molecule has 0 amide bonds. The highest BCUT2D eigenvalue weighted by molar-refractivity contribution is 7.13. The van der Waals surface area contributed by atoms with Gasteiger partial charge in [-0.1, -0.05) is 0 Å². The lowest BCUT2D eigenvalue weighted by molar-refractivity contribution is 1.41. The summed E-state index contributed by atoms with van der Waals surface area (Å²) in [5.74, 6) is 0. The molecule has 1 aromatic carbocycles. The first-order valence-electron chi connectivity index (χ1n) is 3.33. The second kappa shape index (κ2) is 2.84. The van der Waals surface area contributed by atoms with Crippen molar-refractivity contribution in [2.24, 2.45) is 0 Å². The van der Waals surface area contributed by atoms with E-state index in [9.17, 15) is 0 Å². The maximum atomic E-state index is 4.17. The molecule has 2 heteroatoms. The molecule has 0 N–H and O–H groups in total. The molecule has 0 spiro atoms. The van der Waals surface area contributed by atoms with E-state index in [-0.39, 0.29) is 0 Å². The molecule has 0 atom stereocenters. The fourth-order valence-corrected chi connectivity index (χ4v) is 1.51. The van der Waals surface area contributed by atoms with Gasteiger partial charge in [0, 0.05) is 16.6 Å². The van der Waals surface area contributed by atoms with Gasteiger partial charge in [0.1, 0.15) is 0 Å². The average Bonchev–Trinajstić information content (AvgIpc) is 2.58. The van der Waals surface area contributed by atoms with Crippen molar-refractivity contribution in [3.8, 4) is 10.6 Å². The zero-order valence-electron chi connectivity index (χ0n) is 5.82. The van der Waals surface area contributed by atoms with Crippen molar-refractivity contribution in [2.75, 3.05) is 0 Å². The Hall–Kier alpha value is -1.15. The smallest absolute Gasteiger partial charge is 0.0401 e. The Morgan fingerprint density at radius 2 is 2.36 bits per heavy atom. The van der Waals surface area contributed by atoms with Crippen molar-refractivity contribution >= 4 is 11.3 Å². The first kappa shape index (κ1) is 6.55. The number of rotatable bonds is 1. The lowest BCUT2D eigenvalue weighted by atomic mass is 10.2. The van der Waals surface area contributed by atoms with Crippen molar-refractivity contribution in [2.45, 2.75) is 0 Å². The molecule has 0 aliphatic heterocycles. The van der Waals surface area contributed by atoms with E-state index in [2.05, 4.69) is 11.1 Å². The van der Waals surface area contributed by atoms with Crippen LogP contribution in [0.1, 0.15) is 0 Å². The van der Waals surface area contributed by atoms with Crippen LogP contribution in [0.5, 0.6) is 0 Å². The fourth-order valence-electron chi connectivity index (χ4n) is 0.883. The summed E-state index contributed by atoms with van der Waals surface area (Å²) in [6.45, 7) is 0. The Balaban J connectivity index is 2.46. The van der Waals surface area contributed by atoms with Gasteiger partial charge >= 0.3 is 0 Å². The fraction of sp³-hybridized carbons (Fsp3) is 0. The third kappa shape index (κ3) is 1.30. The van der Waals surface area contributed by atoms with E-state index in [0.717, 1.165) is 10.6 Å². The molecule has 0 fully saturated rings. The van der Waals surface area contributed by atoms with E-state index in [1.54, 1.807) is 17.5 Å². The van der Waals surface area contributed by atoms with Gasteiger partial charge in [-0.3, -0.25) is 4.98 Å². The first-order chi connectivity index (χ1) is 5.47. The van der Waals surface area contributed by atoms with Crippen molar-refractivity contribution < 1.29 is 0 Å². The number of thiazole rings is 1. The molecule has 0 saturated heterocycles. The molecule has 0 aliphatic carbocycles. The Labute approximate surface area is 69.3 Å². The van der Waals surface area contributed by atoms with Gasteiger partial charge in [0.2, 0.25) is 0 Å². The molecule has 0 radical (unpaired) electrons. The van der Waals surface area contributed by atoms with Crippen LogP contribution in [0.3, 0.4) is 0 Å². The van der Waals surface area contributed by atoms with E-state index in [1.165, 1.54) is 0 Å². The molecule has 0 saturated carbocycles. The van der Waals surface area contributed by atoms with Crippen LogP contribution in [0.25, 0.3) is 10.6 Å². The number of aromatic nitrogens is 1. The highest BCUT2D eigenvalue weighted by atomic mass is 32.1. The van der Waals surface area contributed by atoms with Gasteiger partial charge in [0.25, 0.3) is 0 Å². The third-order valence-electron chi connectivity index (χ3n) is 1.37. The molecule has 0 bridgehead atoms. The van der Waals surface area contributed by atoms with Crippen molar-refractivity contribution in [1.29, 1.82) is 0 Å². The quantitative estimate of drug-likeness (QED) is 0.584. The second-order valence-electron chi connectivity index (χ2n) is 2.11. The van der Waals surface area contributed by atoms with Crippen LogP contribution in [0.4, 0.5) is 0 Å². The van der Waals surface area contributed by atoms with Gasteiger partial charge in [-0.05, 0) is 0 Å². The summed E-state index contributed by atoms with van der Waals surface area (Å²) in [7, 11) is 0. The lowest BCUT2D eigenvalue weighted by Crippen LogP contribution is -1.72. The van der Waals surface area contributed by atoms with Crippen LogP contribution < -0.4 is 0 Å². The predicted molar refractivity (Wildman–Crippen MR) is 46.4 cm³/mol. The topological polar surface area (TPSA) is 12.9 Å². The Morgan fingerprint density at radius 1 is 1.36 bits per heavy atom. The molecule has 2 aromatic rings. The summed E-state index contributed by atoms with van der Waals surface area (Å²) < 4.78 is 0. The van der Waals surface area contributed by atoms with E-state index >= 15 is 0 Å². The highest BCUT2D eigenvalue weighted by Crippen LogP contribution is 2.19. The van der Waals surface area contributed by atoms with Crippen LogP contribution in [0, 0.1) is 6.07 Å². The Kier molecular flexibility index (Phi) is 1.69. The molecule has 1 aromatic heterocycles. The predicted octanol–water partition coefficient (Wildman–Crippen LogP) is 2.61. The lowest BCUT2D eigenvalue weighted by Gasteiger charge is -2.00. The minimum Gasteiger partial charge on any atom is -0.293 e. The third-order valence-corrected chi connectivity index (χ3v) is 2.18. The number of hydrogen-bond acceptors (Lipinski definition) is 2. The summed E-state index contributed by atoms with van der Waals surface area (Å²) in [5.41, 5.74) is 1.07. The average molecular weight is 160 g/mol. The van der Waals surface area contributed by atoms with Crippen molar-refractivity contribution in [3.05, 3.63) is 41.9 Å². The minimum atomic E-state index is 1.03. The van der Waals surface area contributed by atoms with E-state index in [0.29, 0.717) is 0 Å². The van der Waals surface area contributed by atoms with Gasteiger partial charge in [-0.2, -0.15) is 11.3 Å². The Bertz CT molecular complexity index is 313. The molecule has 11 heavy (non-hydrogen) atoms. The van der Waals surface area contributed by atoms with E-state index < -0.39 is 0 Å². The summed E-state index contributed by atoms with van der Waals surface area (Å²) in [4.78, 5) is 4.17. The van der Waals surface area contributed by atoms with Crippen LogP contribution in [0.2, 0.25) is 0 Å². The van der Waals surface area contributed by atoms with Gasteiger partial charge in [-0.25, -0.2) is 0 Å². The summed E-state index contributed by atoms with van der Waals surface area (Å²) in [6.07, 6.45) is 1.81. The molecule has 1 nitrogen and oxygen atoms in total. The largest absolute Gasteiger partial charge is 0.293 e. The summed E-state index contributed by atoms with van der Waals surface area (Å²) in [6, 6.07) is 11.0. The standard InChI is InChI=1S/C9H6NS/c1-2-4-8(5-3-1)9-10-6-7-11-9/h1-4,6-7H/q-1. The highest BCUT2D eigenvalue weighted by Gasteiger charge is 1.87. The zero-order chi connectivity index (χ0) is 7.52. The first-order valence-corrected chi connectivity index (χ1v) is 4.21. The van der Waals surface area contributed by atoms with E-state index in [1.807, 2.05) is 29.6 Å². The minimum absolute atomic E-state index is 1.03. The SMILES string of the molecule is [c-]1ccccc1-c1nccs1. The molecule has 0 unspecified atom stereocenters. The monoisotopic (exact) mass is 160 g/mol. The number of benzene rings is 1. The van der Waals surface area contributed by atoms with Crippen molar-refractivity contribution in [1.82, 2.24) is 4.98 Å².